The van der Waals surface area contributed by atoms with E-state index in [0.717, 1.165) is 41.2 Å². The second kappa shape index (κ2) is 9.02. The number of carbonyl (C=O) groups is 1. The number of aromatic amines is 1. The van der Waals surface area contributed by atoms with Crippen LogP contribution in [-0.2, 0) is 4.79 Å². The third-order valence-electron chi connectivity index (χ3n) is 6.44. The average Bonchev–Trinajstić information content (AvgIpc) is 3.30. The topological polar surface area (TPSA) is 78.0 Å². The third kappa shape index (κ3) is 4.44. The van der Waals surface area contributed by atoms with Crippen LogP contribution in [0.4, 0.5) is 5.82 Å². The summed E-state index contributed by atoms with van der Waals surface area (Å²) < 4.78 is 0. The fraction of sp³-hybridized carbons (Fsp3) is 0.308. The Morgan fingerprint density at radius 3 is 2.61 bits per heavy atom. The van der Waals surface area contributed by atoms with E-state index in [0.29, 0.717) is 19.5 Å². The van der Waals surface area contributed by atoms with Crippen molar-refractivity contribution in [1.29, 1.82) is 0 Å². The minimum Gasteiger partial charge on any atom is -0.352 e. The second-order valence-electron chi connectivity index (χ2n) is 8.77. The molecule has 1 aliphatic heterocycles. The van der Waals surface area contributed by atoms with Gasteiger partial charge in [0.05, 0.1) is 5.39 Å². The van der Waals surface area contributed by atoms with E-state index in [1.54, 1.807) is 12.5 Å². The molecule has 4 aromatic rings. The molecule has 1 N–H and O–H groups in total. The van der Waals surface area contributed by atoms with Gasteiger partial charge in [0.25, 0.3) is 0 Å². The van der Waals surface area contributed by atoms with Crippen molar-refractivity contribution >= 4 is 22.8 Å². The molecule has 168 valence electrons. The zero-order valence-corrected chi connectivity index (χ0v) is 19.0. The highest BCUT2D eigenvalue weighted by atomic mass is 16.2. The number of amides is 1. The number of H-pyrrole nitrogens is 1. The van der Waals surface area contributed by atoms with E-state index in [1.165, 1.54) is 11.1 Å². The lowest BCUT2D eigenvalue weighted by Gasteiger charge is -2.36. The van der Waals surface area contributed by atoms with E-state index in [1.807, 2.05) is 23.2 Å². The van der Waals surface area contributed by atoms with E-state index in [9.17, 15) is 4.79 Å². The zero-order valence-electron chi connectivity index (χ0n) is 19.0. The number of aryl methyl sites for hydroxylation is 1. The Morgan fingerprint density at radius 2 is 1.88 bits per heavy atom. The number of hydrogen-bond donors (Lipinski definition) is 1. The molecule has 1 saturated heterocycles. The number of benzene rings is 1. The van der Waals surface area contributed by atoms with Crippen molar-refractivity contribution in [3.63, 3.8) is 0 Å². The Hall–Kier alpha value is -3.74. The first-order valence-electron chi connectivity index (χ1n) is 11.4. The number of carbonyl (C=O) groups excluding carboxylic acids is 1. The maximum absolute atomic E-state index is 12.9. The van der Waals surface area contributed by atoms with Gasteiger partial charge >= 0.3 is 0 Å². The quantitative estimate of drug-likeness (QED) is 0.504. The first kappa shape index (κ1) is 21.1. The maximum Gasteiger partial charge on any atom is 0.223 e. The summed E-state index contributed by atoms with van der Waals surface area (Å²) in [7, 11) is 0. The van der Waals surface area contributed by atoms with Crippen LogP contribution in [0.25, 0.3) is 22.3 Å². The fourth-order valence-corrected chi connectivity index (χ4v) is 4.43. The molecule has 33 heavy (non-hydrogen) atoms. The molecule has 1 atom stereocenters. The molecule has 5 rings (SSSR count). The molecule has 0 unspecified atom stereocenters. The summed E-state index contributed by atoms with van der Waals surface area (Å²) >= 11 is 0. The van der Waals surface area contributed by atoms with Crippen molar-refractivity contribution < 1.29 is 4.79 Å². The lowest BCUT2D eigenvalue weighted by Crippen LogP contribution is -2.49. The smallest absolute Gasteiger partial charge is 0.223 e. The minimum absolute atomic E-state index is 0.211. The van der Waals surface area contributed by atoms with Gasteiger partial charge in [-0.1, -0.05) is 36.8 Å². The number of nitrogens with zero attached hydrogens (tertiary/aromatic N) is 5. The summed E-state index contributed by atoms with van der Waals surface area (Å²) in [5.41, 5.74) is 5.25. The van der Waals surface area contributed by atoms with Crippen LogP contribution >= 0.6 is 0 Å². The summed E-state index contributed by atoms with van der Waals surface area (Å²) in [5, 5.41) is 0.990. The number of piperazine rings is 1. The first-order chi connectivity index (χ1) is 16.1. The molecule has 1 fully saturated rings. The van der Waals surface area contributed by atoms with Gasteiger partial charge < -0.3 is 14.8 Å². The number of rotatable bonds is 5. The number of pyridine rings is 1. The Labute approximate surface area is 193 Å². The summed E-state index contributed by atoms with van der Waals surface area (Å²) in [4.78, 5) is 33.7. The van der Waals surface area contributed by atoms with E-state index < -0.39 is 0 Å². The molecule has 0 spiro atoms. The lowest BCUT2D eigenvalue weighted by atomic mass is 9.96. The molecule has 0 aliphatic carbocycles. The van der Waals surface area contributed by atoms with Crippen molar-refractivity contribution in [2.24, 2.45) is 0 Å². The van der Waals surface area contributed by atoms with Crippen LogP contribution in [0.2, 0.25) is 0 Å². The van der Waals surface area contributed by atoms with Crippen molar-refractivity contribution in [2.45, 2.75) is 26.2 Å². The molecule has 3 aromatic heterocycles. The van der Waals surface area contributed by atoms with Crippen LogP contribution < -0.4 is 4.90 Å². The molecule has 7 heteroatoms. The highest BCUT2D eigenvalue weighted by molar-refractivity contribution is 5.92. The number of anilines is 1. The molecule has 1 aliphatic rings. The normalized spacial score (nSPS) is 15.1. The van der Waals surface area contributed by atoms with E-state index in [4.69, 9.17) is 0 Å². The van der Waals surface area contributed by atoms with Crippen LogP contribution in [0.1, 0.15) is 30.4 Å². The average molecular weight is 441 g/mol. The number of nitrogens with one attached hydrogen (secondary N) is 1. The molecule has 1 amide bonds. The van der Waals surface area contributed by atoms with Crippen molar-refractivity contribution in [3.8, 4) is 11.3 Å². The summed E-state index contributed by atoms with van der Waals surface area (Å²) in [6.07, 6.45) is 5.73. The molecule has 0 radical (unpaired) electrons. The van der Waals surface area contributed by atoms with Gasteiger partial charge in [-0.05, 0) is 36.6 Å². The summed E-state index contributed by atoms with van der Waals surface area (Å²) in [5.74, 6) is 1.34. The van der Waals surface area contributed by atoms with Crippen LogP contribution in [-0.4, -0.2) is 56.9 Å². The van der Waals surface area contributed by atoms with Crippen molar-refractivity contribution in [2.75, 3.05) is 31.1 Å². The van der Waals surface area contributed by atoms with Crippen LogP contribution in [0.15, 0.2) is 61.2 Å². The molecule has 4 heterocycles. The monoisotopic (exact) mass is 440 g/mol. The zero-order chi connectivity index (χ0) is 22.8. The first-order valence-corrected chi connectivity index (χ1v) is 11.4. The highest BCUT2D eigenvalue weighted by Crippen LogP contribution is 2.29. The van der Waals surface area contributed by atoms with Crippen molar-refractivity contribution in [1.82, 2.24) is 24.8 Å². The fourth-order valence-electron chi connectivity index (χ4n) is 4.43. The van der Waals surface area contributed by atoms with E-state index in [-0.39, 0.29) is 11.8 Å². The minimum atomic E-state index is 0.211. The number of fused-ring (bicyclic) bond motifs is 1. The molecule has 1 aromatic carbocycles. The molecular weight excluding hydrogens is 412 g/mol. The third-order valence-corrected chi connectivity index (χ3v) is 6.44. The van der Waals surface area contributed by atoms with Gasteiger partial charge in [-0.2, -0.15) is 0 Å². The largest absolute Gasteiger partial charge is 0.352 e. The molecular formula is C26H28N6O. The van der Waals surface area contributed by atoms with Gasteiger partial charge in [-0.3, -0.25) is 9.78 Å². The Kier molecular flexibility index (Phi) is 5.77. The summed E-state index contributed by atoms with van der Waals surface area (Å²) in [6, 6.07) is 14.5. The van der Waals surface area contributed by atoms with Gasteiger partial charge in [-0.15, -0.1) is 0 Å². The van der Waals surface area contributed by atoms with Crippen LogP contribution in [0, 0.1) is 6.92 Å². The van der Waals surface area contributed by atoms with Crippen molar-refractivity contribution in [3.05, 3.63) is 72.3 Å². The van der Waals surface area contributed by atoms with E-state index in [2.05, 4.69) is 69.0 Å². The highest BCUT2D eigenvalue weighted by Gasteiger charge is 2.25. The molecule has 0 bridgehead atoms. The Balaban J connectivity index is 1.26. The SMILES string of the molecule is Cc1ccc([C@H](C)CC(=O)N2CCN(c3ncnc4[nH]c(-c5cccnc5)cc34)CC2)cc1. The van der Waals surface area contributed by atoms with Gasteiger partial charge in [0.1, 0.15) is 17.8 Å². The standard InChI is InChI=1S/C26H28N6O/c1-18-5-7-20(8-6-18)19(2)14-24(33)31-10-12-32(13-11-31)26-22-15-23(21-4-3-9-27-16-21)30-25(22)28-17-29-26/h3-9,15-17,19H,10-14H2,1-2H3,(H,28,29,30)/t19-/m1/s1. The number of aromatic nitrogens is 4. The van der Waals surface area contributed by atoms with Crippen LogP contribution in [0.3, 0.4) is 0 Å². The van der Waals surface area contributed by atoms with Gasteiger partial charge in [0, 0.05) is 56.3 Å². The van der Waals surface area contributed by atoms with E-state index >= 15 is 0 Å². The van der Waals surface area contributed by atoms with Crippen LogP contribution in [0.5, 0.6) is 0 Å². The predicted octanol–water partition coefficient (Wildman–Crippen LogP) is 4.17. The van der Waals surface area contributed by atoms with Gasteiger partial charge in [-0.25, -0.2) is 9.97 Å². The predicted molar refractivity (Wildman–Crippen MR) is 130 cm³/mol. The summed E-state index contributed by atoms with van der Waals surface area (Å²) in [6.45, 7) is 7.11. The number of hydrogen-bond acceptors (Lipinski definition) is 5. The van der Waals surface area contributed by atoms with Gasteiger partial charge in [0.2, 0.25) is 5.91 Å². The second-order valence-corrected chi connectivity index (χ2v) is 8.77. The Bertz CT molecular complexity index is 1240. The lowest BCUT2D eigenvalue weighted by molar-refractivity contribution is -0.131. The van der Waals surface area contributed by atoms with Gasteiger partial charge in [0.15, 0.2) is 0 Å². The Morgan fingerprint density at radius 1 is 1.09 bits per heavy atom. The molecule has 0 saturated carbocycles. The molecule has 7 nitrogen and oxygen atoms in total. The maximum atomic E-state index is 12.9.